The van der Waals surface area contributed by atoms with Crippen molar-refractivity contribution in [3.05, 3.63) is 0 Å². The van der Waals surface area contributed by atoms with Crippen LogP contribution < -0.4 is 0 Å². The van der Waals surface area contributed by atoms with Crippen molar-refractivity contribution in [1.29, 1.82) is 0 Å². The number of hydrogen-bond acceptors (Lipinski definition) is 2. The molecule has 25 heavy (non-hydrogen) atoms. The number of rotatable bonds is 2. The van der Waals surface area contributed by atoms with Crippen LogP contribution in [0.15, 0.2) is 0 Å². The maximum absolute atomic E-state index is 15.2. The van der Waals surface area contributed by atoms with Crippen LogP contribution in [-0.2, 0) is 4.79 Å². The highest BCUT2D eigenvalue weighted by Crippen LogP contribution is 2.65. The fourth-order valence-electron chi connectivity index (χ4n) is 7.62. The molecule has 0 amide bonds. The molecule has 2 unspecified atom stereocenters. The Morgan fingerprint density at radius 1 is 1.08 bits per heavy atom. The number of hydrogen-bond donors (Lipinski definition) is 1. The number of ketones is 1. The van der Waals surface area contributed by atoms with Crippen molar-refractivity contribution in [3.63, 3.8) is 0 Å². The lowest BCUT2D eigenvalue weighted by Gasteiger charge is -2.57. The van der Waals surface area contributed by atoms with Crippen LogP contribution in [0.1, 0.15) is 65.2 Å². The molecule has 0 aromatic heterocycles. The predicted molar refractivity (Wildman–Crippen MR) is 100 cm³/mol. The Balaban J connectivity index is 1.58. The number of halogens is 2. The SMILES string of the molecule is C[C@@]1(O)CC[C@H]2[C@H](C1)C(F)CC1[C@@H]2CC[C@]2(C)[C@@H](C(=O)CBr)CC[C@@H]12. The summed E-state index contributed by atoms with van der Waals surface area (Å²) < 4.78 is 15.2. The van der Waals surface area contributed by atoms with Crippen molar-refractivity contribution >= 4 is 21.7 Å². The molecule has 4 fully saturated rings. The molecule has 4 aliphatic rings. The molecule has 0 bridgehead atoms. The van der Waals surface area contributed by atoms with Crippen molar-refractivity contribution in [2.75, 3.05) is 5.33 Å². The van der Waals surface area contributed by atoms with E-state index < -0.39 is 11.8 Å². The van der Waals surface area contributed by atoms with Gasteiger partial charge in [0, 0.05) is 5.92 Å². The largest absolute Gasteiger partial charge is 0.390 e. The molecule has 9 atom stereocenters. The van der Waals surface area contributed by atoms with Crippen LogP contribution in [0.3, 0.4) is 0 Å². The van der Waals surface area contributed by atoms with Crippen molar-refractivity contribution in [2.45, 2.75) is 77.0 Å². The number of carbonyl (C=O) groups excluding carboxylic acids is 1. The first-order valence-corrected chi connectivity index (χ1v) is 11.3. The lowest BCUT2D eigenvalue weighted by atomic mass is 9.48. The summed E-state index contributed by atoms with van der Waals surface area (Å²) in [7, 11) is 0. The predicted octanol–water partition coefficient (Wildman–Crippen LogP) is 4.92. The Hall–Kier alpha value is 0.0400. The summed E-state index contributed by atoms with van der Waals surface area (Å²) in [5.41, 5.74) is -0.596. The number of Topliss-reactive ketones (excluding diaryl/α,β-unsaturated/α-hetero) is 1. The first kappa shape index (κ1) is 18.4. The van der Waals surface area contributed by atoms with Gasteiger partial charge in [0.1, 0.15) is 12.0 Å². The summed E-state index contributed by atoms with van der Waals surface area (Å²) in [6.07, 6.45) is 6.69. The minimum Gasteiger partial charge on any atom is -0.390 e. The van der Waals surface area contributed by atoms with E-state index in [2.05, 4.69) is 22.9 Å². The van der Waals surface area contributed by atoms with Crippen LogP contribution in [0, 0.1) is 40.9 Å². The van der Waals surface area contributed by atoms with Crippen LogP contribution >= 0.6 is 15.9 Å². The van der Waals surface area contributed by atoms with Gasteiger partial charge in [0.25, 0.3) is 0 Å². The minimum atomic E-state index is -0.772. The smallest absolute Gasteiger partial charge is 0.147 e. The van der Waals surface area contributed by atoms with E-state index in [1.54, 1.807) is 0 Å². The van der Waals surface area contributed by atoms with E-state index in [1.165, 1.54) is 0 Å². The fraction of sp³-hybridized carbons (Fsp3) is 0.952. The average Bonchev–Trinajstić information content (AvgIpc) is 2.91. The molecule has 2 nitrogen and oxygen atoms in total. The van der Waals surface area contributed by atoms with Gasteiger partial charge < -0.3 is 5.11 Å². The minimum absolute atomic E-state index is 0.0516. The number of alkyl halides is 2. The Kier molecular flexibility index (Phi) is 4.63. The first-order valence-electron chi connectivity index (χ1n) is 10.2. The topological polar surface area (TPSA) is 37.3 Å². The van der Waals surface area contributed by atoms with Gasteiger partial charge >= 0.3 is 0 Å². The van der Waals surface area contributed by atoms with Crippen LogP contribution in [0.5, 0.6) is 0 Å². The molecule has 4 rings (SSSR count). The molecule has 1 N–H and O–H groups in total. The normalized spacial score (nSPS) is 55.2. The third-order valence-corrected chi connectivity index (χ3v) is 9.32. The third-order valence-electron chi connectivity index (χ3n) is 8.77. The Morgan fingerprint density at radius 3 is 2.48 bits per heavy atom. The summed E-state index contributed by atoms with van der Waals surface area (Å²) >= 11 is 3.37. The van der Waals surface area contributed by atoms with E-state index in [0.717, 1.165) is 38.5 Å². The van der Waals surface area contributed by atoms with E-state index >= 15 is 4.39 Å². The van der Waals surface area contributed by atoms with E-state index in [1.807, 2.05) is 6.92 Å². The maximum atomic E-state index is 15.2. The molecule has 142 valence electrons. The second-order valence-corrected chi connectivity index (χ2v) is 10.6. The molecule has 0 saturated heterocycles. The van der Waals surface area contributed by atoms with Gasteiger partial charge in [0.2, 0.25) is 0 Å². The van der Waals surface area contributed by atoms with E-state index in [-0.39, 0.29) is 17.3 Å². The third kappa shape index (κ3) is 2.85. The quantitative estimate of drug-likeness (QED) is 0.651. The van der Waals surface area contributed by atoms with Gasteiger partial charge in [0.15, 0.2) is 0 Å². The highest BCUT2D eigenvalue weighted by Gasteiger charge is 2.60. The van der Waals surface area contributed by atoms with Gasteiger partial charge in [-0.1, -0.05) is 22.9 Å². The fourth-order valence-corrected chi connectivity index (χ4v) is 8.02. The number of fused-ring (bicyclic) bond motifs is 5. The van der Waals surface area contributed by atoms with Gasteiger partial charge in [0.05, 0.1) is 10.9 Å². The second kappa shape index (κ2) is 6.29. The van der Waals surface area contributed by atoms with E-state index in [0.29, 0.717) is 47.6 Å². The van der Waals surface area contributed by atoms with Crippen LogP contribution in [-0.4, -0.2) is 28.0 Å². The van der Waals surface area contributed by atoms with Crippen molar-refractivity contribution in [3.8, 4) is 0 Å². The highest BCUT2D eigenvalue weighted by atomic mass is 79.9. The van der Waals surface area contributed by atoms with Gasteiger partial charge in [-0.2, -0.15) is 0 Å². The monoisotopic (exact) mass is 414 g/mol. The summed E-state index contributed by atoms with van der Waals surface area (Å²) in [5.74, 6) is 2.60. The number of carbonyl (C=O) groups is 1. The van der Waals surface area contributed by atoms with Gasteiger partial charge in [-0.3, -0.25) is 4.79 Å². The number of aliphatic hydroxyl groups is 1. The molecule has 0 radical (unpaired) electrons. The first-order chi connectivity index (χ1) is 11.8. The summed E-state index contributed by atoms with van der Waals surface area (Å²) in [6.45, 7) is 4.20. The van der Waals surface area contributed by atoms with Crippen LogP contribution in [0.2, 0.25) is 0 Å². The Labute approximate surface area is 159 Å². The molecule has 4 heteroatoms. The van der Waals surface area contributed by atoms with Gasteiger partial charge in [-0.25, -0.2) is 4.39 Å². The second-order valence-electron chi connectivity index (χ2n) is 10.0. The zero-order chi connectivity index (χ0) is 18.0. The Bertz CT molecular complexity index is 550. The molecule has 0 aliphatic heterocycles. The zero-order valence-corrected chi connectivity index (χ0v) is 17.1. The molecule has 0 spiro atoms. The lowest BCUT2D eigenvalue weighted by Crippen LogP contribution is -2.54. The molecular formula is C21H32BrFO2. The molecule has 0 aromatic carbocycles. The average molecular weight is 415 g/mol. The van der Waals surface area contributed by atoms with Crippen molar-refractivity contribution in [1.82, 2.24) is 0 Å². The van der Waals surface area contributed by atoms with Gasteiger partial charge in [-0.05, 0) is 93.3 Å². The van der Waals surface area contributed by atoms with Gasteiger partial charge in [-0.15, -0.1) is 0 Å². The maximum Gasteiger partial charge on any atom is 0.147 e. The van der Waals surface area contributed by atoms with E-state index in [9.17, 15) is 9.90 Å². The lowest BCUT2D eigenvalue weighted by molar-refractivity contribution is -0.137. The zero-order valence-electron chi connectivity index (χ0n) is 15.5. The molecular weight excluding hydrogens is 383 g/mol. The molecule has 0 heterocycles. The summed E-state index contributed by atoms with van der Waals surface area (Å²) in [5, 5.41) is 10.9. The summed E-state index contributed by atoms with van der Waals surface area (Å²) in [4.78, 5) is 12.4. The highest BCUT2D eigenvalue weighted by molar-refractivity contribution is 9.09. The van der Waals surface area contributed by atoms with Crippen LogP contribution in [0.25, 0.3) is 0 Å². The van der Waals surface area contributed by atoms with E-state index in [4.69, 9.17) is 0 Å². The summed E-state index contributed by atoms with van der Waals surface area (Å²) in [6, 6.07) is 0. The van der Waals surface area contributed by atoms with Crippen molar-refractivity contribution in [2.24, 2.45) is 40.9 Å². The Morgan fingerprint density at radius 2 is 1.76 bits per heavy atom. The molecule has 0 aromatic rings. The molecule has 4 saturated carbocycles. The molecule has 4 aliphatic carbocycles. The van der Waals surface area contributed by atoms with Crippen molar-refractivity contribution < 1.29 is 14.3 Å². The standard InChI is InChI=1S/C21H32BrFO2/c1-20(25)7-5-13-12-6-8-21(2)16(3-4-17(21)19(24)11-22)14(12)9-18(23)15(13)10-20/h12-18,25H,3-11H2,1-2H3/t12-,13-,14?,15+,16+,17-,18?,20-,21+/m1/s1. The van der Waals surface area contributed by atoms with Crippen LogP contribution in [0.4, 0.5) is 4.39 Å².